The van der Waals surface area contributed by atoms with Gasteiger partial charge >= 0.3 is 6.01 Å². The SMILES string of the molecule is [2H]c1c([2H])c([2H])c2c(c1[2H])[N+](c1cc(Oc3ccc4c5ccncc5n(-c5cc(C(C)(C)C)ccn5)c4c3)cc(-c3c(C(C)C)cccc3C(C)C)c1)=C=[N+]2c1ccccc1C(C)(C)C. The Kier molecular flexibility index (Phi) is 8.72. The molecule has 4 heterocycles. The van der Waals surface area contributed by atoms with Gasteiger partial charge < -0.3 is 4.74 Å². The van der Waals surface area contributed by atoms with E-state index in [2.05, 4.69) is 145 Å². The quantitative estimate of drug-likeness (QED) is 0.144. The van der Waals surface area contributed by atoms with Crippen molar-refractivity contribution in [1.82, 2.24) is 23.7 Å². The maximum atomic E-state index is 9.37. The van der Waals surface area contributed by atoms with Gasteiger partial charge in [0.1, 0.15) is 17.3 Å². The lowest BCUT2D eigenvalue weighted by Gasteiger charge is -2.20. The smallest absolute Gasteiger partial charge is 0.457 e. The van der Waals surface area contributed by atoms with E-state index in [1.54, 1.807) is 9.15 Å². The van der Waals surface area contributed by atoms with E-state index < -0.39 is 0 Å². The normalized spacial score (nSPS) is 13.9. The largest absolute Gasteiger partial charge is 0.503 e. The van der Waals surface area contributed by atoms with Crippen LogP contribution in [-0.2, 0) is 10.8 Å². The fourth-order valence-electron chi connectivity index (χ4n) is 8.59. The summed E-state index contributed by atoms with van der Waals surface area (Å²) in [6, 6.07) is 35.7. The Bertz CT molecular complexity index is 3280. The molecule has 0 aliphatic carbocycles. The molecule has 6 nitrogen and oxygen atoms in total. The third-order valence-corrected chi connectivity index (χ3v) is 11.7. The molecule has 6 heteroatoms. The van der Waals surface area contributed by atoms with Crippen LogP contribution in [0.15, 0.2) is 140 Å². The Labute approximate surface area is 365 Å². The lowest BCUT2D eigenvalue weighted by molar-refractivity contribution is 0.483. The maximum Gasteiger partial charge on any atom is 0.503 e. The predicted molar refractivity (Wildman–Crippen MR) is 255 cm³/mol. The number of hydrogen-bond donors (Lipinski definition) is 0. The summed E-state index contributed by atoms with van der Waals surface area (Å²) in [5.41, 5.74) is 10.2. The van der Waals surface area contributed by atoms with Crippen molar-refractivity contribution in [2.45, 2.75) is 91.9 Å². The maximum absolute atomic E-state index is 9.37. The molecule has 0 fully saturated rings. The van der Waals surface area contributed by atoms with Gasteiger partial charge in [-0.3, -0.25) is 9.55 Å². The van der Waals surface area contributed by atoms with Crippen molar-refractivity contribution >= 4 is 50.6 Å². The van der Waals surface area contributed by atoms with Crippen LogP contribution in [0.1, 0.15) is 109 Å². The van der Waals surface area contributed by atoms with Gasteiger partial charge in [-0.1, -0.05) is 118 Å². The van der Waals surface area contributed by atoms with E-state index in [9.17, 15) is 2.74 Å². The molecule has 1 aliphatic rings. The summed E-state index contributed by atoms with van der Waals surface area (Å²) >= 11 is 0. The minimum Gasteiger partial charge on any atom is -0.457 e. The Morgan fingerprint density at radius 2 is 1.36 bits per heavy atom. The van der Waals surface area contributed by atoms with Crippen molar-refractivity contribution in [2.24, 2.45) is 0 Å². The van der Waals surface area contributed by atoms with Crippen LogP contribution < -0.4 is 13.9 Å². The monoisotopic (exact) mass is 805 g/mol. The number of rotatable bonds is 8. The summed E-state index contributed by atoms with van der Waals surface area (Å²) in [6.45, 7) is 21.8. The first-order valence-corrected chi connectivity index (χ1v) is 21.2. The molecular weight excluding hydrogens is 747 g/mol. The van der Waals surface area contributed by atoms with E-state index >= 15 is 0 Å². The minimum absolute atomic E-state index is 0.0816. The molecule has 5 aromatic carbocycles. The molecule has 0 N–H and O–H groups in total. The Hall–Kier alpha value is -6.62. The number of pyridine rings is 2. The summed E-state index contributed by atoms with van der Waals surface area (Å²) < 4.78 is 49.0. The first-order valence-electron chi connectivity index (χ1n) is 23.2. The molecule has 0 amide bonds. The lowest BCUT2D eigenvalue weighted by Crippen LogP contribution is -2.15. The fraction of sp³-hybridized carbons (Fsp3) is 0.255. The van der Waals surface area contributed by atoms with Gasteiger partial charge in [-0.15, -0.1) is 0 Å². The number of ether oxygens (including phenoxy) is 1. The van der Waals surface area contributed by atoms with Crippen LogP contribution in [0, 0.1) is 0 Å². The predicted octanol–water partition coefficient (Wildman–Crippen LogP) is 14.7. The van der Waals surface area contributed by atoms with Gasteiger partial charge in [-0.05, 0) is 96.0 Å². The first-order chi connectivity index (χ1) is 30.8. The average Bonchev–Trinajstić information content (AvgIpc) is 3.83. The van der Waals surface area contributed by atoms with Crippen molar-refractivity contribution in [2.75, 3.05) is 0 Å². The van der Waals surface area contributed by atoms with Crippen LogP contribution in [0.5, 0.6) is 11.5 Å². The number of aromatic nitrogens is 3. The molecule has 1 aliphatic heterocycles. The third-order valence-electron chi connectivity index (χ3n) is 11.7. The zero-order chi connectivity index (χ0) is 46.3. The van der Waals surface area contributed by atoms with E-state index in [4.69, 9.17) is 12.5 Å². The molecule has 8 aromatic rings. The molecule has 3 aromatic heterocycles. The molecule has 0 spiro atoms. The van der Waals surface area contributed by atoms with Crippen molar-refractivity contribution in [3.8, 4) is 28.4 Å². The topological polar surface area (TPSA) is 46.0 Å². The molecule has 9 rings (SSSR count). The minimum atomic E-state index is -0.312. The highest BCUT2D eigenvalue weighted by Gasteiger charge is 2.39. The molecule has 0 saturated carbocycles. The number of nitrogens with zero attached hydrogens (tertiary/aromatic N) is 5. The van der Waals surface area contributed by atoms with Gasteiger partial charge in [0.05, 0.1) is 28.8 Å². The Morgan fingerprint density at radius 3 is 2.07 bits per heavy atom. The van der Waals surface area contributed by atoms with E-state index in [1.165, 1.54) is 16.7 Å². The molecule has 0 atom stereocenters. The van der Waals surface area contributed by atoms with Gasteiger partial charge in [0, 0.05) is 59.0 Å². The Morgan fingerprint density at radius 1 is 0.656 bits per heavy atom. The highest BCUT2D eigenvalue weighted by atomic mass is 16.5. The van der Waals surface area contributed by atoms with Crippen LogP contribution in [0.4, 0.5) is 22.7 Å². The van der Waals surface area contributed by atoms with Gasteiger partial charge in [-0.25, -0.2) is 4.98 Å². The highest BCUT2D eigenvalue weighted by molar-refractivity contribution is 6.09. The van der Waals surface area contributed by atoms with Crippen LogP contribution in [0.3, 0.4) is 0 Å². The lowest BCUT2D eigenvalue weighted by atomic mass is 9.85. The van der Waals surface area contributed by atoms with Crippen LogP contribution in [0.25, 0.3) is 38.8 Å². The molecule has 61 heavy (non-hydrogen) atoms. The standard InChI is InChI=1S/C55H55N5O/c1-35(2)42-16-15-17-43(36(3)4)53(42)37-28-39(58-34-59(49-21-14-13-20-48(49)58)47-19-12-11-18-46(47)55(8,9)10)31-41(29-37)61-40-22-23-44-45-25-26-56-33-51(45)60(50(44)32-40)52-30-38(24-27-57-52)54(5,6)7/h11-33,35-36H,1-10H3/q+2/i13D,14D,20D,21D. The molecule has 0 saturated heterocycles. The molecule has 304 valence electrons. The first kappa shape index (κ1) is 35.2. The summed E-state index contributed by atoms with van der Waals surface area (Å²) in [5, 5.41) is 2.10. The second-order valence-electron chi connectivity index (χ2n) is 18.7. The van der Waals surface area contributed by atoms with E-state index in [1.807, 2.05) is 55.0 Å². The van der Waals surface area contributed by atoms with Gasteiger partial charge in [0.2, 0.25) is 11.4 Å². The molecule has 0 unspecified atom stereocenters. The Balaban J connectivity index is 1.31. The second kappa shape index (κ2) is 15.1. The van der Waals surface area contributed by atoms with Gasteiger partial charge in [-0.2, -0.15) is 0 Å². The summed E-state index contributed by atoms with van der Waals surface area (Å²) in [5.74, 6) is 2.38. The molecule has 0 bridgehead atoms. The fourth-order valence-corrected chi connectivity index (χ4v) is 8.59. The van der Waals surface area contributed by atoms with Crippen molar-refractivity contribution in [3.63, 3.8) is 0 Å². The number of benzene rings is 5. The van der Waals surface area contributed by atoms with Crippen molar-refractivity contribution in [3.05, 3.63) is 162 Å². The van der Waals surface area contributed by atoms with Crippen LogP contribution in [0.2, 0.25) is 0 Å². The van der Waals surface area contributed by atoms with Crippen molar-refractivity contribution < 1.29 is 10.2 Å². The zero-order valence-electron chi connectivity index (χ0n) is 40.8. The molecule has 0 radical (unpaired) electrons. The van der Waals surface area contributed by atoms with Crippen LogP contribution >= 0.6 is 0 Å². The van der Waals surface area contributed by atoms with Gasteiger partial charge in [0.15, 0.2) is 0 Å². The van der Waals surface area contributed by atoms with Crippen LogP contribution in [-0.4, -0.2) is 20.5 Å². The third kappa shape index (κ3) is 7.25. The van der Waals surface area contributed by atoms with E-state index in [0.717, 1.165) is 50.0 Å². The number of para-hydroxylation sites is 3. The average molecular weight is 806 g/mol. The molecular formula is C55H55N5O+2. The van der Waals surface area contributed by atoms with Crippen molar-refractivity contribution in [1.29, 1.82) is 0 Å². The van der Waals surface area contributed by atoms with E-state index in [0.29, 0.717) is 28.6 Å². The number of hydrogen-bond acceptors (Lipinski definition) is 3. The summed E-state index contributed by atoms with van der Waals surface area (Å²) in [6.07, 6.45) is 5.57. The highest BCUT2D eigenvalue weighted by Crippen LogP contribution is 2.44. The summed E-state index contributed by atoms with van der Waals surface area (Å²) in [4.78, 5) is 9.39. The number of fused-ring (bicyclic) bond motifs is 4. The zero-order valence-corrected chi connectivity index (χ0v) is 36.8. The summed E-state index contributed by atoms with van der Waals surface area (Å²) in [7, 11) is 0. The second-order valence-corrected chi connectivity index (χ2v) is 18.7. The van der Waals surface area contributed by atoms with E-state index in [-0.39, 0.29) is 46.8 Å². The van der Waals surface area contributed by atoms with Gasteiger partial charge in [0.25, 0.3) is 11.4 Å².